The van der Waals surface area contributed by atoms with Crippen LogP contribution < -0.4 is 20.0 Å². The van der Waals surface area contributed by atoms with Crippen LogP contribution >= 0.6 is 28.4 Å². The van der Waals surface area contributed by atoms with Crippen molar-refractivity contribution in [2.45, 2.75) is 19.9 Å². The highest BCUT2D eigenvalue weighted by molar-refractivity contribution is 14.2. The molecule has 0 bridgehead atoms. The number of nitrogens with one attached hydrogen (secondary N) is 2. The van der Waals surface area contributed by atoms with E-state index in [9.17, 15) is 0 Å². The summed E-state index contributed by atoms with van der Waals surface area (Å²) in [5, 5.41) is 6.77. The number of rotatable bonds is 8. The van der Waals surface area contributed by atoms with Crippen LogP contribution in [0.25, 0.3) is 11.8 Å². The lowest BCUT2D eigenvalue weighted by molar-refractivity contribution is 0.472. The van der Waals surface area contributed by atoms with E-state index in [-0.39, 0.29) is 0 Å². The van der Waals surface area contributed by atoms with Crippen molar-refractivity contribution in [3.05, 3.63) is 65.7 Å². The van der Waals surface area contributed by atoms with Crippen LogP contribution in [-0.4, -0.2) is 26.2 Å². The van der Waals surface area contributed by atoms with E-state index in [0.717, 1.165) is 41.4 Å². The summed E-state index contributed by atoms with van der Waals surface area (Å²) in [7, 11) is 2.11. The van der Waals surface area contributed by atoms with Gasteiger partial charge in [0.2, 0.25) is 0 Å². The number of benzene rings is 2. The predicted octanol–water partition coefficient (Wildman–Crippen LogP) is 5.84. The molecule has 0 radical (unpaired) electrons. The maximum Gasteiger partial charge on any atom is 0.130 e. The topological polar surface area (TPSA) is 36.5 Å². The van der Waals surface area contributed by atoms with E-state index >= 15 is 0 Å². The van der Waals surface area contributed by atoms with Crippen LogP contribution in [0.5, 0.6) is 5.75 Å². The van der Waals surface area contributed by atoms with Gasteiger partial charge in [0.15, 0.2) is 0 Å². The Morgan fingerprint density at radius 3 is 2.54 bits per heavy atom. The zero-order valence-electron chi connectivity index (χ0n) is 16.6. The largest absolute Gasteiger partial charge is 0.457 e. The summed E-state index contributed by atoms with van der Waals surface area (Å²) in [6, 6.07) is 13.0. The van der Waals surface area contributed by atoms with Gasteiger partial charge in [-0.2, -0.15) is 0 Å². The lowest BCUT2D eigenvalue weighted by atomic mass is 9.98. The van der Waals surface area contributed by atoms with Gasteiger partial charge in [0, 0.05) is 49.0 Å². The fraction of sp³-hybridized carbons (Fsp3) is 0.273. The van der Waals surface area contributed by atoms with E-state index in [0.29, 0.717) is 12.4 Å². The summed E-state index contributed by atoms with van der Waals surface area (Å²) in [6.07, 6.45) is 4.63. The first kappa shape index (κ1) is 21.2. The molecule has 1 heterocycles. The van der Waals surface area contributed by atoms with Crippen molar-refractivity contribution in [3.8, 4) is 5.75 Å². The molecule has 2 aromatic carbocycles. The molecular weight excluding hydrogens is 480 g/mol. The molecule has 0 aliphatic carbocycles. The highest BCUT2D eigenvalue weighted by Gasteiger charge is 2.16. The molecule has 1 atom stereocenters. The SMILES string of the molecule is C=Cc1c(N(C)PI)ccc(/C(=C\C)Oc2ccc(NC3CNC3)cc2)c1C. The number of hydrogen-bond acceptors (Lipinski definition) is 4. The van der Waals surface area contributed by atoms with Crippen LogP contribution in [0.2, 0.25) is 0 Å². The minimum absolute atomic E-state index is 0.526. The molecule has 6 heteroatoms. The van der Waals surface area contributed by atoms with Crippen LogP contribution in [0, 0.1) is 6.92 Å². The monoisotopic (exact) mass is 507 g/mol. The maximum absolute atomic E-state index is 6.23. The van der Waals surface area contributed by atoms with E-state index in [4.69, 9.17) is 4.74 Å². The Morgan fingerprint density at radius 2 is 2.00 bits per heavy atom. The molecule has 2 aromatic rings. The highest BCUT2D eigenvalue weighted by atomic mass is 127. The Balaban J connectivity index is 1.80. The van der Waals surface area contributed by atoms with Gasteiger partial charge in [-0.05, 0) is 83.9 Å². The molecule has 28 heavy (non-hydrogen) atoms. The Hall–Kier alpha value is -1.56. The molecule has 0 aromatic heterocycles. The van der Waals surface area contributed by atoms with Crippen molar-refractivity contribution in [1.29, 1.82) is 0 Å². The number of nitrogens with zero attached hydrogens (tertiary/aromatic N) is 1. The Kier molecular flexibility index (Phi) is 7.38. The van der Waals surface area contributed by atoms with Crippen LogP contribution in [0.4, 0.5) is 11.4 Å². The predicted molar refractivity (Wildman–Crippen MR) is 133 cm³/mol. The molecular formula is C22H27IN3OP. The van der Waals surface area contributed by atoms with Crippen molar-refractivity contribution in [3.63, 3.8) is 0 Å². The zero-order chi connectivity index (χ0) is 20.1. The first-order valence-electron chi connectivity index (χ1n) is 9.35. The zero-order valence-corrected chi connectivity index (χ0v) is 19.7. The molecule has 148 valence electrons. The van der Waals surface area contributed by atoms with E-state index in [1.54, 1.807) is 0 Å². The second-order valence-electron chi connectivity index (χ2n) is 6.80. The summed E-state index contributed by atoms with van der Waals surface area (Å²) in [4.78, 5) is 0. The van der Waals surface area contributed by atoms with Gasteiger partial charge < -0.3 is 20.0 Å². The molecule has 0 spiro atoms. The van der Waals surface area contributed by atoms with Crippen LogP contribution in [0.3, 0.4) is 0 Å². The number of hydrogen-bond donors (Lipinski definition) is 2. The Labute approximate surface area is 182 Å². The summed E-state index contributed by atoms with van der Waals surface area (Å²) < 4.78 is 8.47. The highest BCUT2D eigenvalue weighted by Crippen LogP contribution is 2.38. The third kappa shape index (κ3) is 4.70. The van der Waals surface area contributed by atoms with Gasteiger partial charge in [0.1, 0.15) is 11.5 Å². The van der Waals surface area contributed by atoms with E-state index < -0.39 is 0 Å². The smallest absolute Gasteiger partial charge is 0.130 e. The van der Waals surface area contributed by atoms with Gasteiger partial charge >= 0.3 is 0 Å². The molecule has 0 amide bonds. The van der Waals surface area contributed by atoms with Gasteiger partial charge in [-0.25, -0.2) is 0 Å². The van der Waals surface area contributed by atoms with Gasteiger partial charge in [0.25, 0.3) is 0 Å². The van der Waals surface area contributed by atoms with Gasteiger partial charge in [-0.1, -0.05) is 12.7 Å². The third-order valence-electron chi connectivity index (χ3n) is 4.95. The summed E-state index contributed by atoms with van der Waals surface area (Å²) in [5.41, 5.74) is 5.74. The number of allylic oxidation sites excluding steroid dienone is 1. The maximum atomic E-state index is 6.23. The molecule has 1 unspecified atom stereocenters. The minimum atomic E-state index is 0.526. The molecule has 0 saturated carbocycles. The average molecular weight is 507 g/mol. The first-order chi connectivity index (χ1) is 13.6. The fourth-order valence-corrected chi connectivity index (χ4v) is 4.28. The Morgan fingerprint density at radius 1 is 1.29 bits per heavy atom. The second kappa shape index (κ2) is 9.77. The Bertz CT molecular complexity index is 863. The minimum Gasteiger partial charge on any atom is -0.457 e. The van der Waals surface area contributed by atoms with Crippen LogP contribution in [-0.2, 0) is 0 Å². The average Bonchev–Trinajstić information content (AvgIpc) is 2.69. The summed E-state index contributed by atoms with van der Waals surface area (Å²) in [5.74, 6) is 1.69. The molecule has 1 saturated heterocycles. The first-order valence-corrected chi connectivity index (χ1v) is 13.4. The van der Waals surface area contributed by atoms with Gasteiger partial charge in [-0.15, -0.1) is 0 Å². The van der Waals surface area contributed by atoms with E-state index in [1.807, 2.05) is 31.2 Å². The molecule has 1 aliphatic rings. The third-order valence-corrected chi connectivity index (χ3v) is 7.61. The quantitative estimate of drug-likeness (QED) is 0.268. The van der Waals surface area contributed by atoms with Crippen LogP contribution in [0.15, 0.2) is 49.1 Å². The molecule has 3 rings (SSSR count). The number of anilines is 2. The van der Waals surface area contributed by atoms with Gasteiger partial charge in [-0.3, -0.25) is 0 Å². The lowest BCUT2D eigenvalue weighted by Gasteiger charge is -2.29. The molecule has 1 aliphatic heterocycles. The standard InChI is InChI=1S/C22H27IN3OP/c1-5-19-15(3)20(11-12-21(19)26(4)28-23)22(6-2)27-18-9-7-16(8-10-18)25-17-13-24-14-17/h5-12,17,24-25,28H,1,13-14H2,2-4H3/b22-6+. The fourth-order valence-electron chi connectivity index (χ4n) is 3.22. The lowest BCUT2D eigenvalue weighted by Crippen LogP contribution is -2.51. The van der Waals surface area contributed by atoms with E-state index in [1.165, 1.54) is 11.3 Å². The normalized spacial score (nSPS) is 14.8. The molecule has 1 fully saturated rings. The van der Waals surface area contributed by atoms with Crippen LogP contribution in [0.1, 0.15) is 23.6 Å². The van der Waals surface area contributed by atoms with E-state index in [2.05, 4.69) is 82.2 Å². The summed E-state index contributed by atoms with van der Waals surface area (Å²) >= 11 is 2.40. The molecule has 4 nitrogen and oxygen atoms in total. The van der Waals surface area contributed by atoms with Crippen molar-refractivity contribution < 1.29 is 4.74 Å². The van der Waals surface area contributed by atoms with Crippen molar-refractivity contribution in [1.82, 2.24) is 5.32 Å². The number of ether oxygens (including phenoxy) is 1. The number of halogens is 1. The molecule has 2 N–H and O–H groups in total. The van der Waals surface area contributed by atoms with Gasteiger partial charge in [0.05, 0.1) is 6.04 Å². The van der Waals surface area contributed by atoms with Crippen molar-refractivity contribution >= 4 is 51.6 Å². The second-order valence-corrected chi connectivity index (χ2v) is 9.08. The van der Waals surface area contributed by atoms with Crippen molar-refractivity contribution in [2.24, 2.45) is 0 Å². The summed E-state index contributed by atoms with van der Waals surface area (Å²) in [6.45, 7) is 10.2. The van der Waals surface area contributed by atoms with Crippen molar-refractivity contribution in [2.75, 3.05) is 30.1 Å².